The molecule has 4 heteroatoms. The molecule has 0 spiro atoms. The van der Waals surface area contributed by atoms with Crippen LogP contribution in [0, 0.1) is 0 Å². The highest BCUT2D eigenvalue weighted by Crippen LogP contribution is 2.27. The van der Waals surface area contributed by atoms with E-state index in [1.54, 1.807) is 0 Å². The molecule has 21 heavy (non-hydrogen) atoms. The number of hydrogen-bond acceptors (Lipinski definition) is 3. The van der Waals surface area contributed by atoms with E-state index in [9.17, 15) is 4.79 Å². The Balaban J connectivity index is 2.10. The van der Waals surface area contributed by atoms with Gasteiger partial charge in [0.15, 0.2) is 6.10 Å². The fraction of sp³-hybridized carbons (Fsp3) is 0.588. The topological polar surface area (TPSA) is 55.6 Å². The van der Waals surface area contributed by atoms with E-state index in [0.29, 0.717) is 18.9 Å². The molecule has 0 unspecified atom stereocenters. The largest absolute Gasteiger partial charge is 0.480 e. The van der Waals surface area contributed by atoms with Crippen molar-refractivity contribution in [2.75, 3.05) is 13.1 Å². The van der Waals surface area contributed by atoms with Gasteiger partial charge in [0, 0.05) is 19.1 Å². The maximum atomic E-state index is 12.6. The lowest BCUT2D eigenvalue weighted by atomic mass is 10.0. The number of carbonyl (C=O) groups is 1. The monoisotopic (exact) mass is 290 g/mol. The highest BCUT2D eigenvalue weighted by Gasteiger charge is 2.30. The van der Waals surface area contributed by atoms with Gasteiger partial charge in [0.2, 0.25) is 0 Å². The average Bonchev–Trinajstić information content (AvgIpc) is 2.91. The van der Waals surface area contributed by atoms with Crippen LogP contribution in [0.3, 0.4) is 0 Å². The average molecular weight is 290 g/mol. The summed E-state index contributed by atoms with van der Waals surface area (Å²) in [5.41, 5.74) is 7.03. The van der Waals surface area contributed by atoms with Crippen LogP contribution in [-0.4, -0.2) is 36.0 Å². The molecule has 116 valence electrons. The highest BCUT2D eigenvalue weighted by molar-refractivity contribution is 5.81. The van der Waals surface area contributed by atoms with Crippen molar-refractivity contribution in [3.05, 3.63) is 29.8 Å². The van der Waals surface area contributed by atoms with E-state index in [-0.39, 0.29) is 11.9 Å². The van der Waals surface area contributed by atoms with Crippen LogP contribution < -0.4 is 10.5 Å². The summed E-state index contributed by atoms with van der Waals surface area (Å²) in [5.74, 6) is 1.24. The second-order valence-electron chi connectivity index (χ2n) is 6.04. The summed E-state index contributed by atoms with van der Waals surface area (Å²) in [4.78, 5) is 14.4. The fourth-order valence-corrected chi connectivity index (χ4v) is 2.72. The Morgan fingerprint density at radius 3 is 2.71 bits per heavy atom. The molecule has 1 aromatic carbocycles. The van der Waals surface area contributed by atoms with Crippen molar-refractivity contribution >= 4 is 5.91 Å². The van der Waals surface area contributed by atoms with Crippen molar-refractivity contribution < 1.29 is 9.53 Å². The van der Waals surface area contributed by atoms with E-state index in [2.05, 4.69) is 19.9 Å². The Morgan fingerprint density at radius 2 is 2.14 bits per heavy atom. The van der Waals surface area contributed by atoms with E-state index in [1.807, 2.05) is 30.0 Å². The van der Waals surface area contributed by atoms with Crippen LogP contribution in [0.25, 0.3) is 0 Å². The predicted molar refractivity (Wildman–Crippen MR) is 84.4 cm³/mol. The lowest BCUT2D eigenvalue weighted by molar-refractivity contribution is -0.137. The first kappa shape index (κ1) is 15.8. The third-order valence-corrected chi connectivity index (χ3v) is 3.99. The number of likely N-dealkylation sites (tertiary alicyclic amines) is 1. The van der Waals surface area contributed by atoms with Crippen LogP contribution in [0.2, 0.25) is 0 Å². The van der Waals surface area contributed by atoms with Gasteiger partial charge in [-0.1, -0.05) is 39.0 Å². The molecule has 1 saturated heterocycles. The number of nitrogens with two attached hydrogens (primary N) is 1. The van der Waals surface area contributed by atoms with Crippen LogP contribution in [0.4, 0.5) is 0 Å². The molecular formula is C17H26N2O2. The van der Waals surface area contributed by atoms with Gasteiger partial charge in [0.25, 0.3) is 5.91 Å². The first-order valence-corrected chi connectivity index (χ1v) is 7.82. The molecule has 1 amide bonds. The van der Waals surface area contributed by atoms with Crippen molar-refractivity contribution in [2.24, 2.45) is 5.73 Å². The van der Waals surface area contributed by atoms with Gasteiger partial charge in [-0.3, -0.25) is 4.79 Å². The van der Waals surface area contributed by atoms with E-state index in [0.717, 1.165) is 24.3 Å². The number of nitrogens with zero attached hydrogens (tertiary/aromatic N) is 1. The minimum atomic E-state index is -0.421. The van der Waals surface area contributed by atoms with Crippen LogP contribution >= 0.6 is 0 Å². The molecule has 0 aromatic heterocycles. The first-order chi connectivity index (χ1) is 10.0. The molecule has 4 nitrogen and oxygen atoms in total. The Hall–Kier alpha value is -1.55. The van der Waals surface area contributed by atoms with Crippen molar-refractivity contribution in [3.8, 4) is 5.75 Å². The summed E-state index contributed by atoms with van der Waals surface area (Å²) >= 11 is 0. The molecule has 1 fully saturated rings. The first-order valence-electron chi connectivity index (χ1n) is 7.82. The van der Waals surface area contributed by atoms with E-state index < -0.39 is 6.10 Å². The van der Waals surface area contributed by atoms with Gasteiger partial charge < -0.3 is 15.4 Å². The van der Waals surface area contributed by atoms with Gasteiger partial charge in [0.1, 0.15) is 5.75 Å². The SMILES string of the molecule is CC[C@H](Oc1ccccc1C(C)C)C(=O)N1CC[C@H](N)C1. The number of rotatable bonds is 5. The highest BCUT2D eigenvalue weighted by atomic mass is 16.5. The van der Waals surface area contributed by atoms with Gasteiger partial charge in [0.05, 0.1) is 0 Å². The molecule has 0 bridgehead atoms. The van der Waals surface area contributed by atoms with Crippen molar-refractivity contribution in [3.63, 3.8) is 0 Å². The lowest BCUT2D eigenvalue weighted by Crippen LogP contribution is -2.41. The third kappa shape index (κ3) is 3.76. The van der Waals surface area contributed by atoms with Gasteiger partial charge in [-0.05, 0) is 30.4 Å². The number of carbonyl (C=O) groups excluding carboxylic acids is 1. The number of hydrogen-bond donors (Lipinski definition) is 1. The maximum Gasteiger partial charge on any atom is 0.263 e. The van der Waals surface area contributed by atoms with Crippen molar-refractivity contribution in [1.82, 2.24) is 4.90 Å². The van der Waals surface area contributed by atoms with Crippen molar-refractivity contribution in [2.45, 2.75) is 51.7 Å². The van der Waals surface area contributed by atoms with Crippen molar-refractivity contribution in [1.29, 1.82) is 0 Å². The minimum Gasteiger partial charge on any atom is -0.480 e. The van der Waals surface area contributed by atoms with Crippen LogP contribution in [0.15, 0.2) is 24.3 Å². The summed E-state index contributed by atoms with van der Waals surface area (Å²) in [6, 6.07) is 8.06. The summed E-state index contributed by atoms with van der Waals surface area (Å²) < 4.78 is 6.03. The quantitative estimate of drug-likeness (QED) is 0.906. The van der Waals surface area contributed by atoms with E-state index in [1.165, 1.54) is 0 Å². The van der Waals surface area contributed by atoms with Crippen LogP contribution in [0.1, 0.15) is 45.1 Å². The Kier molecular flexibility index (Phi) is 5.23. The number of para-hydroxylation sites is 1. The standard InChI is InChI=1S/C17H26N2O2/c1-4-15(17(20)19-10-9-13(18)11-19)21-16-8-6-5-7-14(16)12(2)3/h5-8,12-13,15H,4,9-11,18H2,1-3H3/t13-,15-/m0/s1. The molecule has 1 aliphatic rings. The molecule has 2 atom stereocenters. The molecule has 0 aliphatic carbocycles. The second-order valence-corrected chi connectivity index (χ2v) is 6.04. The zero-order valence-electron chi connectivity index (χ0n) is 13.2. The van der Waals surface area contributed by atoms with E-state index in [4.69, 9.17) is 10.5 Å². The van der Waals surface area contributed by atoms with Gasteiger partial charge in [-0.2, -0.15) is 0 Å². The summed E-state index contributed by atoms with van der Waals surface area (Å²) in [6.07, 6.45) is 1.12. The molecule has 0 radical (unpaired) electrons. The Bertz CT molecular complexity index is 487. The normalized spacial score (nSPS) is 19.9. The number of benzene rings is 1. The predicted octanol–water partition coefficient (Wildman–Crippen LogP) is 2.53. The zero-order chi connectivity index (χ0) is 15.4. The zero-order valence-corrected chi connectivity index (χ0v) is 13.2. The van der Waals surface area contributed by atoms with E-state index >= 15 is 0 Å². The minimum absolute atomic E-state index is 0.0593. The Labute approximate surface area is 127 Å². The smallest absolute Gasteiger partial charge is 0.263 e. The summed E-state index contributed by atoms with van der Waals surface area (Å²) in [6.45, 7) is 7.63. The van der Waals surface area contributed by atoms with Gasteiger partial charge in [-0.25, -0.2) is 0 Å². The van der Waals surface area contributed by atoms with Gasteiger partial charge >= 0.3 is 0 Å². The second kappa shape index (κ2) is 6.94. The molecule has 2 rings (SSSR count). The Morgan fingerprint density at radius 1 is 1.43 bits per heavy atom. The fourth-order valence-electron chi connectivity index (χ4n) is 2.72. The number of amides is 1. The number of ether oxygens (including phenoxy) is 1. The van der Waals surface area contributed by atoms with Crippen LogP contribution in [0.5, 0.6) is 5.75 Å². The maximum absolute atomic E-state index is 12.6. The molecule has 1 heterocycles. The molecule has 1 aliphatic heterocycles. The molecular weight excluding hydrogens is 264 g/mol. The lowest BCUT2D eigenvalue weighted by Gasteiger charge is -2.25. The molecule has 2 N–H and O–H groups in total. The third-order valence-electron chi connectivity index (χ3n) is 3.99. The van der Waals surface area contributed by atoms with Crippen LogP contribution in [-0.2, 0) is 4.79 Å². The summed E-state index contributed by atoms with van der Waals surface area (Å²) in [7, 11) is 0. The van der Waals surface area contributed by atoms with Gasteiger partial charge in [-0.15, -0.1) is 0 Å². The molecule has 1 aromatic rings. The molecule has 0 saturated carbocycles. The summed E-state index contributed by atoms with van der Waals surface area (Å²) in [5, 5.41) is 0.